The Morgan fingerprint density at radius 1 is 1.33 bits per heavy atom. The number of imidazole rings is 1. The Balaban J connectivity index is 1.82. The first kappa shape index (κ1) is 13.6. The van der Waals surface area contributed by atoms with E-state index < -0.39 is 11.5 Å². The van der Waals surface area contributed by atoms with Crippen LogP contribution in [0.4, 0.5) is 0 Å². The van der Waals surface area contributed by atoms with Crippen molar-refractivity contribution in [2.75, 3.05) is 0 Å². The molecule has 2 aromatic rings. The van der Waals surface area contributed by atoms with E-state index >= 15 is 0 Å². The van der Waals surface area contributed by atoms with Crippen LogP contribution in [-0.2, 0) is 4.79 Å². The Hall–Kier alpha value is -2.37. The molecule has 2 N–H and O–H groups in total. The van der Waals surface area contributed by atoms with Gasteiger partial charge in [-0.3, -0.25) is 9.59 Å². The van der Waals surface area contributed by atoms with Crippen LogP contribution in [0.1, 0.15) is 42.6 Å². The van der Waals surface area contributed by atoms with Gasteiger partial charge in [0, 0.05) is 12.4 Å². The van der Waals surface area contributed by atoms with Crippen molar-refractivity contribution in [3.8, 4) is 0 Å². The molecular formula is C15H17N3O3. The predicted octanol–water partition coefficient (Wildman–Crippen LogP) is 1.85. The van der Waals surface area contributed by atoms with Crippen molar-refractivity contribution in [2.45, 2.75) is 37.6 Å². The van der Waals surface area contributed by atoms with Crippen molar-refractivity contribution >= 4 is 17.5 Å². The molecule has 0 aliphatic heterocycles. The maximum absolute atomic E-state index is 12.4. The van der Waals surface area contributed by atoms with Crippen molar-refractivity contribution < 1.29 is 14.7 Å². The number of carbonyl (C=O) groups excluding carboxylic acids is 1. The summed E-state index contributed by atoms with van der Waals surface area (Å²) >= 11 is 0. The van der Waals surface area contributed by atoms with E-state index in [-0.39, 0.29) is 12.3 Å². The topological polar surface area (TPSA) is 83.7 Å². The number of hydrogen-bond acceptors (Lipinski definition) is 3. The van der Waals surface area contributed by atoms with Gasteiger partial charge in [0.15, 0.2) is 0 Å². The number of pyridine rings is 1. The van der Waals surface area contributed by atoms with E-state index in [4.69, 9.17) is 5.11 Å². The molecule has 6 nitrogen and oxygen atoms in total. The lowest BCUT2D eigenvalue weighted by molar-refractivity contribution is -0.138. The number of nitrogens with one attached hydrogen (secondary N) is 1. The predicted molar refractivity (Wildman–Crippen MR) is 76.1 cm³/mol. The number of fused-ring (bicyclic) bond motifs is 1. The molecule has 0 unspecified atom stereocenters. The number of nitrogens with zero attached hydrogens (tertiary/aromatic N) is 2. The Kier molecular flexibility index (Phi) is 3.37. The minimum Gasteiger partial charge on any atom is -0.481 e. The highest BCUT2D eigenvalue weighted by atomic mass is 16.4. The van der Waals surface area contributed by atoms with Crippen LogP contribution in [-0.4, -0.2) is 31.9 Å². The molecule has 1 fully saturated rings. The second kappa shape index (κ2) is 5.20. The molecule has 2 heterocycles. The molecule has 0 bridgehead atoms. The second-order valence-electron chi connectivity index (χ2n) is 5.60. The Morgan fingerprint density at radius 2 is 2.10 bits per heavy atom. The molecule has 0 atom stereocenters. The van der Waals surface area contributed by atoms with Crippen molar-refractivity contribution in [3.05, 3.63) is 36.3 Å². The summed E-state index contributed by atoms with van der Waals surface area (Å²) in [5, 5.41) is 12.0. The van der Waals surface area contributed by atoms with Gasteiger partial charge >= 0.3 is 5.97 Å². The summed E-state index contributed by atoms with van der Waals surface area (Å²) in [7, 11) is 0. The van der Waals surface area contributed by atoms with Gasteiger partial charge in [-0.15, -0.1) is 0 Å². The quantitative estimate of drug-likeness (QED) is 0.899. The number of rotatable bonds is 4. The molecule has 0 radical (unpaired) electrons. The van der Waals surface area contributed by atoms with Gasteiger partial charge in [0.05, 0.1) is 12.0 Å². The zero-order valence-electron chi connectivity index (χ0n) is 11.6. The van der Waals surface area contributed by atoms with Crippen LogP contribution in [0.15, 0.2) is 30.6 Å². The molecule has 3 rings (SSSR count). The Bertz CT molecular complexity index is 653. The van der Waals surface area contributed by atoms with Crippen LogP contribution in [0.5, 0.6) is 0 Å². The minimum atomic E-state index is -0.882. The molecule has 0 saturated heterocycles. The fourth-order valence-corrected chi connectivity index (χ4v) is 3.04. The van der Waals surface area contributed by atoms with Crippen LogP contribution in [0.2, 0.25) is 0 Å². The van der Waals surface area contributed by atoms with E-state index in [1.807, 2.05) is 24.4 Å². The molecule has 6 heteroatoms. The van der Waals surface area contributed by atoms with Crippen molar-refractivity contribution in [2.24, 2.45) is 0 Å². The number of aliphatic carboxylic acids is 1. The van der Waals surface area contributed by atoms with Gasteiger partial charge in [-0.25, -0.2) is 4.98 Å². The van der Waals surface area contributed by atoms with Gasteiger partial charge in [0.1, 0.15) is 11.3 Å². The average molecular weight is 287 g/mol. The highest BCUT2D eigenvalue weighted by molar-refractivity contribution is 5.93. The van der Waals surface area contributed by atoms with Gasteiger partial charge in [0.2, 0.25) is 0 Å². The Labute approximate surface area is 121 Å². The highest BCUT2D eigenvalue weighted by Crippen LogP contribution is 2.32. The van der Waals surface area contributed by atoms with E-state index in [9.17, 15) is 9.59 Å². The third-order valence-electron chi connectivity index (χ3n) is 4.03. The molecule has 2 aromatic heterocycles. The summed E-state index contributed by atoms with van der Waals surface area (Å²) in [6.07, 6.45) is 6.75. The summed E-state index contributed by atoms with van der Waals surface area (Å²) in [5.41, 5.74) is 0.387. The van der Waals surface area contributed by atoms with Gasteiger partial charge < -0.3 is 14.8 Å². The number of amides is 1. The van der Waals surface area contributed by atoms with Crippen molar-refractivity contribution in [1.82, 2.24) is 14.7 Å². The normalized spacial score (nSPS) is 17.0. The van der Waals surface area contributed by atoms with E-state index in [1.54, 1.807) is 10.6 Å². The lowest BCUT2D eigenvalue weighted by atomic mass is 9.93. The molecule has 1 aliphatic rings. The van der Waals surface area contributed by atoms with Crippen LogP contribution < -0.4 is 5.32 Å². The molecular weight excluding hydrogens is 270 g/mol. The van der Waals surface area contributed by atoms with E-state index in [2.05, 4.69) is 10.3 Å². The van der Waals surface area contributed by atoms with Crippen LogP contribution in [0, 0.1) is 0 Å². The first-order valence-corrected chi connectivity index (χ1v) is 7.06. The number of carboxylic acids is 1. The molecule has 110 valence electrons. The number of aromatic nitrogens is 2. The monoisotopic (exact) mass is 287 g/mol. The summed E-state index contributed by atoms with van der Waals surface area (Å²) < 4.78 is 1.77. The molecule has 0 aromatic carbocycles. The highest BCUT2D eigenvalue weighted by Gasteiger charge is 2.38. The van der Waals surface area contributed by atoms with Crippen molar-refractivity contribution in [3.63, 3.8) is 0 Å². The summed E-state index contributed by atoms with van der Waals surface area (Å²) in [6, 6.07) is 5.53. The summed E-state index contributed by atoms with van der Waals surface area (Å²) in [6.45, 7) is 0. The molecule has 21 heavy (non-hydrogen) atoms. The van der Waals surface area contributed by atoms with E-state index in [1.165, 1.54) is 0 Å². The van der Waals surface area contributed by atoms with Crippen LogP contribution in [0.3, 0.4) is 0 Å². The smallest absolute Gasteiger partial charge is 0.305 e. The first-order valence-electron chi connectivity index (χ1n) is 7.06. The average Bonchev–Trinajstić information content (AvgIpc) is 3.04. The summed E-state index contributed by atoms with van der Waals surface area (Å²) in [4.78, 5) is 27.7. The molecule has 1 saturated carbocycles. The van der Waals surface area contributed by atoms with Gasteiger partial charge in [0.25, 0.3) is 5.91 Å². The molecule has 0 spiro atoms. The van der Waals surface area contributed by atoms with E-state index in [0.29, 0.717) is 24.2 Å². The van der Waals surface area contributed by atoms with Crippen molar-refractivity contribution in [1.29, 1.82) is 0 Å². The fourth-order valence-electron chi connectivity index (χ4n) is 3.04. The Morgan fingerprint density at radius 3 is 2.76 bits per heavy atom. The van der Waals surface area contributed by atoms with Crippen LogP contribution in [0.25, 0.3) is 5.65 Å². The van der Waals surface area contributed by atoms with Gasteiger partial charge in [-0.05, 0) is 25.0 Å². The van der Waals surface area contributed by atoms with E-state index in [0.717, 1.165) is 12.8 Å². The third kappa shape index (κ3) is 2.74. The lowest BCUT2D eigenvalue weighted by Crippen LogP contribution is -2.47. The fraction of sp³-hybridized carbons (Fsp3) is 0.400. The largest absolute Gasteiger partial charge is 0.481 e. The standard InChI is InChI=1S/C15H17N3O3/c19-13(20)9-15(6-2-3-7-15)17-14(21)11-10-18-8-4-1-5-12(18)16-11/h1,4-5,8,10H,2-3,6-7,9H2,(H,17,21)(H,19,20). The molecule has 1 amide bonds. The van der Waals surface area contributed by atoms with Gasteiger partial charge in [-0.2, -0.15) is 0 Å². The third-order valence-corrected chi connectivity index (χ3v) is 4.03. The first-order chi connectivity index (χ1) is 10.1. The number of carbonyl (C=O) groups is 2. The maximum atomic E-state index is 12.4. The summed E-state index contributed by atoms with van der Waals surface area (Å²) in [5.74, 6) is -1.19. The lowest BCUT2D eigenvalue weighted by Gasteiger charge is -2.28. The van der Waals surface area contributed by atoms with Crippen LogP contribution >= 0.6 is 0 Å². The van der Waals surface area contributed by atoms with Gasteiger partial charge in [-0.1, -0.05) is 18.9 Å². The minimum absolute atomic E-state index is 0.0356. The SMILES string of the molecule is O=C(O)CC1(NC(=O)c2cn3ccccc3n2)CCCC1. The zero-order chi connectivity index (χ0) is 14.9. The number of hydrogen-bond donors (Lipinski definition) is 2. The zero-order valence-corrected chi connectivity index (χ0v) is 11.6. The molecule has 1 aliphatic carbocycles. The second-order valence-corrected chi connectivity index (χ2v) is 5.60. The maximum Gasteiger partial charge on any atom is 0.305 e. The number of carboxylic acid groups (broad SMARTS) is 1.